The standard InChI is InChI=1S/C26H25ClN2O2S/c1-19-10-13-23(14-11-19)32(30,31)29(22-8-5-4-6-9-22)17-7-16-26(3)20(2)28-25-15-12-21(27)18-24(25)26/h4-15,17-18H,16H2,1-3H3/b17-7+/t26-/m0/s1. The number of hydrogen-bond acceptors (Lipinski definition) is 3. The summed E-state index contributed by atoms with van der Waals surface area (Å²) in [6.45, 7) is 6.04. The molecule has 0 spiro atoms. The van der Waals surface area contributed by atoms with Crippen LogP contribution in [0.4, 0.5) is 11.4 Å². The number of para-hydroxylation sites is 1. The van der Waals surface area contributed by atoms with Gasteiger partial charge in [-0.3, -0.25) is 4.99 Å². The maximum atomic E-state index is 13.5. The second-order valence-electron chi connectivity index (χ2n) is 8.23. The first-order chi connectivity index (χ1) is 15.2. The molecule has 0 amide bonds. The third-order valence-electron chi connectivity index (χ3n) is 6.00. The molecule has 0 saturated heterocycles. The summed E-state index contributed by atoms with van der Waals surface area (Å²) in [5.74, 6) is 0. The fraction of sp³-hybridized carbons (Fsp3) is 0.192. The molecule has 0 fully saturated rings. The van der Waals surface area contributed by atoms with Gasteiger partial charge in [0.05, 0.1) is 16.3 Å². The van der Waals surface area contributed by atoms with E-state index in [1.807, 2.05) is 56.3 Å². The van der Waals surface area contributed by atoms with Crippen molar-refractivity contribution in [3.63, 3.8) is 0 Å². The van der Waals surface area contributed by atoms with Crippen molar-refractivity contribution in [2.45, 2.75) is 37.5 Å². The third kappa shape index (κ3) is 4.10. The Balaban J connectivity index is 1.69. The molecule has 1 aliphatic heterocycles. The summed E-state index contributed by atoms with van der Waals surface area (Å²) >= 11 is 6.25. The Bertz CT molecular complexity index is 1300. The molecule has 0 unspecified atom stereocenters. The van der Waals surface area contributed by atoms with Crippen LogP contribution in [-0.2, 0) is 15.4 Å². The van der Waals surface area contributed by atoms with Crippen molar-refractivity contribution < 1.29 is 8.42 Å². The van der Waals surface area contributed by atoms with Gasteiger partial charge in [0.1, 0.15) is 0 Å². The molecular formula is C26H25ClN2O2S. The molecule has 164 valence electrons. The average Bonchev–Trinajstić information content (AvgIpc) is 3.02. The number of halogens is 1. The van der Waals surface area contributed by atoms with E-state index >= 15 is 0 Å². The molecule has 0 aromatic heterocycles. The van der Waals surface area contributed by atoms with Crippen LogP contribution in [0.25, 0.3) is 0 Å². The van der Waals surface area contributed by atoms with E-state index in [1.165, 1.54) is 4.31 Å². The number of anilines is 1. The molecule has 0 bridgehead atoms. The van der Waals surface area contributed by atoms with Crippen LogP contribution in [0.2, 0.25) is 5.02 Å². The minimum atomic E-state index is -3.77. The van der Waals surface area contributed by atoms with Crippen LogP contribution in [0.5, 0.6) is 0 Å². The highest BCUT2D eigenvalue weighted by molar-refractivity contribution is 7.93. The van der Waals surface area contributed by atoms with E-state index in [0.29, 0.717) is 17.1 Å². The number of nitrogens with zero attached hydrogens (tertiary/aromatic N) is 2. The molecule has 1 aliphatic rings. The number of sulfonamides is 1. The van der Waals surface area contributed by atoms with Crippen LogP contribution < -0.4 is 4.31 Å². The minimum Gasteiger partial charge on any atom is -0.257 e. The Labute approximate surface area is 194 Å². The number of allylic oxidation sites excluding steroid dienone is 1. The molecule has 3 aromatic carbocycles. The van der Waals surface area contributed by atoms with E-state index < -0.39 is 10.0 Å². The average molecular weight is 465 g/mol. The van der Waals surface area contributed by atoms with Crippen LogP contribution in [-0.4, -0.2) is 14.1 Å². The highest BCUT2D eigenvalue weighted by atomic mass is 35.5. The maximum absolute atomic E-state index is 13.5. The van der Waals surface area contributed by atoms with Gasteiger partial charge >= 0.3 is 0 Å². The molecule has 0 aliphatic carbocycles. The summed E-state index contributed by atoms with van der Waals surface area (Å²) in [5.41, 5.74) is 4.18. The largest absolute Gasteiger partial charge is 0.268 e. The number of aliphatic imine (C=N–C) groups is 1. The Morgan fingerprint density at radius 1 is 1.00 bits per heavy atom. The van der Waals surface area contributed by atoms with Gasteiger partial charge < -0.3 is 0 Å². The van der Waals surface area contributed by atoms with E-state index in [1.54, 1.807) is 42.6 Å². The van der Waals surface area contributed by atoms with Crippen molar-refractivity contribution in [3.8, 4) is 0 Å². The first-order valence-corrected chi connectivity index (χ1v) is 12.2. The molecule has 3 aromatic rings. The Hall–Kier alpha value is -2.89. The maximum Gasteiger partial charge on any atom is 0.268 e. The highest BCUT2D eigenvalue weighted by Gasteiger charge is 2.36. The second-order valence-corrected chi connectivity index (χ2v) is 10.5. The van der Waals surface area contributed by atoms with Gasteiger partial charge in [-0.2, -0.15) is 0 Å². The lowest BCUT2D eigenvalue weighted by Gasteiger charge is -2.26. The molecule has 6 heteroatoms. The van der Waals surface area contributed by atoms with Crippen molar-refractivity contribution in [1.29, 1.82) is 0 Å². The van der Waals surface area contributed by atoms with Crippen LogP contribution in [0.1, 0.15) is 31.4 Å². The fourth-order valence-corrected chi connectivity index (χ4v) is 5.42. The number of rotatable bonds is 6. The molecule has 0 radical (unpaired) electrons. The van der Waals surface area contributed by atoms with Crippen molar-refractivity contribution in [2.75, 3.05) is 4.31 Å². The van der Waals surface area contributed by atoms with Crippen LogP contribution >= 0.6 is 11.6 Å². The zero-order valence-corrected chi connectivity index (χ0v) is 19.9. The summed E-state index contributed by atoms with van der Waals surface area (Å²) in [4.78, 5) is 4.95. The lowest BCUT2D eigenvalue weighted by atomic mass is 9.77. The summed E-state index contributed by atoms with van der Waals surface area (Å²) in [6, 6.07) is 21.7. The summed E-state index contributed by atoms with van der Waals surface area (Å²) in [6.07, 6.45) is 4.13. The first-order valence-electron chi connectivity index (χ1n) is 10.4. The van der Waals surface area contributed by atoms with Crippen molar-refractivity contribution in [3.05, 3.63) is 101 Å². The summed E-state index contributed by atoms with van der Waals surface area (Å²) in [7, 11) is -3.77. The van der Waals surface area contributed by atoms with E-state index in [2.05, 4.69) is 6.92 Å². The number of fused-ring (bicyclic) bond motifs is 1. The topological polar surface area (TPSA) is 49.7 Å². The molecule has 4 nitrogen and oxygen atoms in total. The van der Waals surface area contributed by atoms with Gasteiger partial charge in [0.15, 0.2) is 0 Å². The predicted octanol–water partition coefficient (Wildman–Crippen LogP) is 6.81. The lowest BCUT2D eigenvalue weighted by molar-refractivity contribution is 0.595. The lowest BCUT2D eigenvalue weighted by Crippen LogP contribution is -2.28. The monoisotopic (exact) mass is 464 g/mol. The van der Waals surface area contributed by atoms with Gasteiger partial charge in [-0.1, -0.05) is 53.6 Å². The zero-order valence-electron chi connectivity index (χ0n) is 18.3. The van der Waals surface area contributed by atoms with E-state index in [-0.39, 0.29) is 10.3 Å². The van der Waals surface area contributed by atoms with E-state index in [9.17, 15) is 8.42 Å². The van der Waals surface area contributed by atoms with Gasteiger partial charge in [0, 0.05) is 22.3 Å². The normalized spacial score (nSPS) is 17.9. The van der Waals surface area contributed by atoms with Crippen LogP contribution in [0, 0.1) is 6.92 Å². The Morgan fingerprint density at radius 2 is 1.69 bits per heavy atom. The molecule has 4 rings (SSSR count). The first kappa shape index (κ1) is 22.3. The number of benzene rings is 3. The zero-order chi connectivity index (χ0) is 22.9. The van der Waals surface area contributed by atoms with Gasteiger partial charge in [-0.25, -0.2) is 12.7 Å². The number of hydrogen-bond donors (Lipinski definition) is 0. The SMILES string of the molecule is CC1=Nc2ccc(Cl)cc2[C@@]1(C)C/C=C/N(c1ccccc1)S(=O)(=O)c1ccc(C)cc1. The second kappa shape index (κ2) is 8.57. The molecule has 32 heavy (non-hydrogen) atoms. The van der Waals surface area contributed by atoms with E-state index in [4.69, 9.17) is 16.6 Å². The van der Waals surface area contributed by atoms with Gasteiger partial charge in [0.25, 0.3) is 10.0 Å². The van der Waals surface area contributed by atoms with Gasteiger partial charge in [-0.15, -0.1) is 0 Å². The quantitative estimate of drug-likeness (QED) is 0.402. The predicted molar refractivity (Wildman–Crippen MR) is 133 cm³/mol. The van der Waals surface area contributed by atoms with Crippen molar-refractivity contribution >= 4 is 38.7 Å². The summed E-state index contributed by atoms with van der Waals surface area (Å²) in [5, 5.41) is 0.664. The molecule has 1 heterocycles. The van der Waals surface area contributed by atoms with Crippen molar-refractivity contribution in [1.82, 2.24) is 0 Å². The summed E-state index contributed by atoms with van der Waals surface area (Å²) < 4.78 is 28.3. The van der Waals surface area contributed by atoms with E-state index in [0.717, 1.165) is 22.5 Å². The van der Waals surface area contributed by atoms with Crippen LogP contribution in [0.15, 0.2) is 95.0 Å². The third-order valence-corrected chi connectivity index (χ3v) is 7.95. The molecular weight excluding hydrogens is 440 g/mol. The van der Waals surface area contributed by atoms with Gasteiger partial charge in [-0.05, 0) is 75.2 Å². The van der Waals surface area contributed by atoms with Crippen LogP contribution in [0.3, 0.4) is 0 Å². The fourth-order valence-electron chi connectivity index (χ4n) is 3.89. The van der Waals surface area contributed by atoms with Gasteiger partial charge in [0.2, 0.25) is 0 Å². The molecule has 0 N–H and O–H groups in total. The minimum absolute atomic E-state index is 0.249. The Morgan fingerprint density at radius 3 is 2.38 bits per heavy atom. The highest BCUT2D eigenvalue weighted by Crippen LogP contribution is 2.43. The van der Waals surface area contributed by atoms with Crippen molar-refractivity contribution in [2.24, 2.45) is 4.99 Å². The number of aryl methyl sites for hydroxylation is 1. The molecule has 1 atom stereocenters. The Kier molecular flexibility index (Phi) is 5.97. The molecule has 0 saturated carbocycles. The smallest absolute Gasteiger partial charge is 0.257 e.